The third kappa shape index (κ3) is 24.3. The molecule has 0 aromatic heterocycles. The second-order valence-corrected chi connectivity index (χ2v) is 11.6. The molecule has 154 valence electrons. The van der Waals surface area contributed by atoms with Gasteiger partial charge in [0.05, 0.1) is 0 Å². The summed E-state index contributed by atoms with van der Waals surface area (Å²) in [5.41, 5.74) is 0. The average Bonchev–Trinajstić information content (AvgIpc) is 2.52. The van der Waals surface area contributed by atoms with Gasteiger partial charge in [0.1, 0.15) is 0 Å². The number of rotatable bonds is 19. The molecule has 0 saturated carbocycles. The zero-order valence-electron chi connectivity index (χ0n) is 16.9. The van der Waals surface area contributed by atoms with Crippen LogP contribution in [-0.4, -0.2) is 40.7 Å². The molecule has 0 rings (SSSR count). The zero-order valence-corrected chi connectivity index (χ0v) is 17.8. The predicted molar refractivity (Wildman–Crippen MR) is 110 cm³/mol. The standard InChI is InChI=1S/C20H45O4P/c1-3-4-5-6-7-8-9-10-11-12-13-14-15-16-18-24-19-17-20-25(2,21,22)23/h21-23H,3-20H2,1-2H3. The summed E-state index contributed by atoms with van der Waals surface area (Å²) < 4.78 is 5.47. The molecule has 0 amide bonds. The fourth-order valence-electron chi connectivity index (χ4n) is 3.04. The SMILES string of the molecule is CCCCCCCCCCCCCCCCOCCCP(C)(O)(O)O. The van der Waals surface area contributed by atoms with Crippen molar-refractivity contribution in [2.24, 2.45) is 0 Å². The van der Waals surface area contributed by atoms with Crippen LogP contribution in [0.15, 0.2) is 0 Å². The normalized spacial score (nSPS) is 13.7. The van der Waals surface area contributed by atoms with E-state index >= 15 is 0 Å². The van der Waals surface area contributed by atoms with Crippen LogP contribution >= 0.6 is 7.28 Å². The molecule has 0 aromatic rings. The first-order chi connectivity index (χ1) is 11.8. The van der Waals surface area contributed by atoms with Gasteiger partial charge in [-0.05, 0) is 0 Å². The quantitative estimate of drug-likeness (QED) is 0.196. The van der Waals surface area contributed by atoms with Crippen molar-refractivity contribution in [1.82, 2.24) is 0 Å². The fourth-order valence-corrected chi connectivity index (χ4v) is 3.91. The van der Waals surface area contributed by atoms with Crippen LogP contribution in [0.2, 0.25) is 0 Å². The molecule has 5 heteroatoms. The monoisotopic (exact) mass is 380 g/mol. The van der Waals surface area contributed by atoms with Gasteiger partial charge in [-0.3, -0.25) is 0 Å². The van der Waals surface area contributed by atoms with Crippen molar-refractivity contribution in [3.63, 3.8) is 0 Å². The molecule has 3 N–H and O–H groups in total. The van der Waals surface area contributed by atoms with E-state index in [4.69, 9.17) is 4.74 Å². The molecule has 0 heterocycles. The zero-order chi connectivity index (χ0) is 18.9. The summed E-state index contributed by atoms with van der Waals surface area (Å²) in [6.45, 7) is 4.62. The Bertz CT molecular complexity index is 280. The maximum absolute atomic E-state index is 9.30. The summed E-state index contributed by atoms with van der Waals surface area (Å²) in [6.07, 6.45) is 19.4. The van der Waals surface area contributed by atoms with E-state index in [1.54, 1.807) is 0 Å². The van der Waals surface area contributed by atoms with E-state index in [0.717, 1.165) is 19.7 Å². The van der Waals surface area contributed by atoms with Crippen molar-refractivity contribution >= 4 is 7.28 Å². The van der Waals surface area contributed by atoms with Crippen molar-refractivity contribution in [3.05, 3.63) is 0 Å². The molecule has 0 aliphatic rings. The van der Waals surface area contributed by atoms with E-state index < -0.39 is 7.28 Å². The van der Waals surface area contributed by atoms with Gasteiger partial charge in [0.25, 0.3) is 0 Å². The van der Waals surface area contributed by atoms with Crippen LogP contribution in [0, 0.1) is 0 Å². The van der Waals surface area contributed by atoms with Crippen LogP contribution in [0.1, 0.15) is 103 Å². The van der Waals surface area contributed by atoms with Crippen LogP contribution in [0.4, 0.5) is 0 Å². The van der Waals surface area contributed by atoms with Gasteiger partial charge in [-0.15, -0.1) is 0 Å². The van der Waals surface area contributed by atoms with Gasteiger partial charge >= 0.3 is 104 Å². The van der Waals surface area contributed by atoms with Gasteiger partial charge in [0, 0.05) is 0 Å². The number of hydrogen-bond donors (Lipinski definition) is 3. The van der Waals surface area contributed by atoms with E-state index in [-0.39, 0.29) is 6.16 Å². The van der Waals surface area contributed by atoms with Gasteiger partial charge in [-0.2, -0.15) is 0 Å². The first-order valence-electron chi connectivity index (χ1n) is 10.6. The number of hydrogen-bond acceptors (Lipinski definition) is 4. The molecule has 0 unspecified atom stereocenters. The summed E-state index contributed by atoms with van der Waals surface area (Å²) in [4.78, 5) is 27.9. The van der Waals surface area contributed by atoms with Crippen LogP contribution in [0.3, 0.4) is 0 Å². The molecule has 0 radical (unpaired) electrons. The molecular formula is C20H45O4P. The summed E-state index contributed by atoms with van der Waals surface area (Å²) >= 11 is 0. The third-order valence-electron chi connectivity index (χ3n) is 4.61. The topological polar surface area (TPSA) is 69.9 Å². The van der Waals surface area contributed by atoms with Crippen LogP contribution in [-0.2, 0) is 4.74 Å². The van der Waals surface area contributed by atoms with Crippen molar-refractivity contribution in [2.75, 3.05) is 26.0 Å². The first-order valence-corrected chi connectivity index (χ1v) is 13.4. The van der Waals surface area contributed by atoms with Crippen molar-refractivity contribution in [3.8, 4) is 0 Å². The molecule has 0 fully saturated rings. The van der Waals surface area contributed by atoms with E-state index in [9.17, 15) is 14.7 Å². The predicted octanol–water partition coefficient (Wildman–Crippen LogP) is 5.78. The van der Waals surface area contributed by atoms with E-state index in [0.29, 0.717) is 13.0 Å². The Morgan fingerprint density at radius 2 is 0.920 bits per heavy atom. The number of ether oxygens (including phenoxy) is 1. The Labute approximate surface area is 156 Å². The van der Waals surface area contributed by atoms with Crippen LogP contribution < -0.4 is 0 Å². The molecule has 4 nitrogen and oxygen atoms in total. The minimum absolute atomic E-state index is 0.0321. The average molecular weight is 381 g/mol. The van der Waals surface area contributed by atoms with Gasteiger partial charge < -0.3 is 0 Å². The molecule has 0 bridgehead atoms. The van der Waals surface area contributed by atoms with Gasteiger partial charge in [0.2, 0.25) is 0 Å². The van der Waals surface area contributed by atoms with Crippen molar-refractivity contribution in [1.29, 1.82) is 0 Å². The Balaban J connectivity index is 3.08. The van der Waals surface area contributed by atoms with Crippen LogP contribution in [0.25, 0.3) is 0 Å². The van der Waals surface area contributed by atoms with Crippen molar-refractivity contribution in [2.45, 2.75) is 103 Å². The Kier molecular flexibility index (Phi) is 15.5. The Morgan fingerprint density at radius 3 is 1.32 bits per heavy atom. The van der Waals surface area contributed by atoms with Crippen LogP contribution in [0.5, 0.6) is 0 Å². The molecule has 0 atom stereocenters. The Morgan fingerprint density at radius 1 is 0.560 bits per heavy atom. The third-order valence-corrected chi connectivity index (χ3v) is 5.98. The van der Waals surface area contributed by atoms with Gasteiger partial charge in [0.15, 0.2) is 0 Å². The molecule has 0 aliphatic heterocycles. The maximum atomic E-state index is 9.30. The fraction of sp³-hybridized carbons (Fsp3) is 1.00. The summed E-state index contributed by atoms with van der Waals surface area (Å²) in [7, 11) is -4.30. The molecule has 0 aromatic carbocycles. The van der Waals surface area contributed by atoms with Gasteiger partial charge in [-0.1, -0.05) is 51.9 Å². The minimum atomic E-state index is -4.30. The molecule has 0 saturated heterocycles. The summed E-state index contributed by atoms with van der Waals surface area (Å²) in [5, 5.41) is 0. The van der Waals surface area contributed by atoms with E-state index in [1.165, 1.54) is 83.5 Å². The number of unbranched alkanes of at least 4 members (excludes halogenated alkanes) is 13. The molecule has 0 aliphatic carbocycles. The molecular weight excluding hydrogens is 335 g/mol. The van der Waals surface area contributed by atoms with Gasteiger partial charge in [-0.25, -0.2) is 0 Å². The second-order valence-electron chi connectivity index (χ2n) is 7.89. The second kappa shape index (κ2) is 15.3. The van der Waals surface area contributed by atoms with Crippen molar-refractivity contribution < 1.29 is 19.4 Å². The summed E-state index contributed by atoms with van der Waals surface area (Å²) in [6, 6.07) is 0. The summed E-state index contributed by atoms with van der Waals surface area (Å²) in [5.74, 6) is 0. The molecule has 25 heavy (non-hydrogen) atoms. The first kappa shape index (κ1) is 25.3. The Hall–Kier alpha value is 0.270. The van der Waals surface area contributed by atoms with E-state index in [1.807, 2.05) is 0 Å². The molecule has 0 spiro atoms. The van der Waals surface area contributed by atoms with E-state index in [2.05, 4.69) is 6.92 Å².